The van der Waals surface area contributed by atoms with Crippen LogP contribution in [0.5, 0.6) is 5.75 Å². The van der Waals surface area contributed by atoms with E-state index in [0.29, 0.717) is 13.2 Å². The Hall–Kier alpha value is -1.92. The van der Waals surface area contributed by atoms with Crippen molar-refractivity contribution < 1.29 is 14.6 Å². The van der Waals surface area contributed by atoms with Crippen molar-refractivity contribution >= 4 is 17.2 Å². The molecule has 6 heteroatoms. The SMILES string of the molecule is CCOc1ccc(-c2nc(CC(=O)NCC3(O)CCC3)cs2)cc1. The van der Waals surface area contributed by atoms with Crippen molar-refractivity contribution in [2.75, 3.05) is 13.2 Å². The highest BCUT2D eigenvalue weighted by molar-refractivity contribution is 7.13. The smallest absolute Gasteiger partial charge is 0.226 e. The van der Waals surface area contributed by atoms with Gasteiger partial charge in [-0.3, -0.25) is 4.79 Å². The van der Waals surface area contributed by atoms with E-state index in [1.807, 2.05) is 36.6 Å². The standard InChI is InChI=1S/C18H22N2O3S/c1-2-23-15-6-4-13(5-7-15)17-20-14(11-24-17)10-16(21)19-12-18(22)8-3-9-18/h4-7,11,22H,2-3,8-10,12H2,1H3,(H,19,21). The largest absolute Gasteiger partial charge is 0.494 e. The fourth-order valence-electron chi connectivity index (χ4n) is 2.63. The monoisotopic (exact) mass is 346 g/mol. The van der Waals surface area contributed by atoms with Gasteiger partial charge in [-0.1, -0.05) is 0 Å². The number of aromatic nitrogens is 1. The first-order valence-electron chi connectivity index (χ1n) is 8.25. The normalized spacial score (nSPS) is 15.6. The molecule has 1 heterocycles. The molecule has 0 atom stereocenters. The Balaban J connectivity index is 1.55. The topological polar surface area (TPSA) is 71.5 Å². The molecule has 24 heavy (non-hydrogen) atoms. The Kier molecular flexibility index (Phi) is 5.16. The third kappa shape index (κ3) is 4.13. The van der Waals surface area contributed by atoms with Crippen LogP contribution < -0.4 is 10.1 Å². The summed E-state index contributed by atoms with van der Waals surface area (Å²) < 4.78 is 5.43. The molecule has 1 amide bonds. The second-order valence-corrected chi connectivity index (χ2v) is 6.99. The number of carbonyl (C=O) groups excluding carboxylic acids is 1. The molecule has 0 saturated heterocycles. The van der Waals surface area contributed by atoms with Gasteiger partial charge in [0, 0.05) is 17.5 Å². The van der Waals surface area contributed by atoms with Crippen LogP contribution in [0.3, 0.4) is 0 Å². The number of rotatable bonds is 7. The molecule has 1 saturated carbocycles. The fourth-order valence-corrected chi connectivity index (χ4v) is 3.46. The van der Waals surface area contributed by atoms with Crippen LogP contribution in [-0.4, -0.2) is 34.8 Å². The second kappa shape index (κ2) is 7.32. The maximum atomic E-state index is 12.0. The molecular formula is C18H22N2O3S. The lowest BCUT2D eigenvalue weighted by Crippen LogP contribution is -2.48. The van der Waals surface area contributed by atoms with E-state index in [0.717, 1.165) is 41.3 Å². The average Bonchev–Trinajstić information content (AvgIpc) is 3.00. The van der Waals surface area contributed by atoms with Gasteiger partial charge < -0.3 is 15.2 Å². The van der Waals surface area contributed by atoms with Crippen molar-refractivity contribution in [2.24, 2.45) is 0 Å². The molecule has 2 N–H and O–H groups in total. The van der Waals surface area contributed by atoms with Gasteiger partial charge >= 0.3 is 0 Å². The summed E-state index contributed by atoms with van der Waals surface area (Å²) in [5, 5.41) is 15.6. The number of nitrogens with zero attached hydrogens (tertiary/aromatic N) is 1. The van der Waals surface area contributed by atoms with E-state index < -0.39 is 5.60 Å². The van der Waals surface area contributed by atoms with Crippen LogP contribution in [0, 0.1) is 0 Å². The minimum atomic E-state index is -0.689. The van der Waals surface area contributed by atoms with E-state index in [2.05, 4.69) is 10.3 Å². The number of hydrogen-bond acceptors (Lipinski definition) is 5. The van der Waals surface area contributed by atoms with Crippen molar-refractivity contribution in [3.05, 3.63) is 35.3 Å². The van der Waals surface area contributed by atoms with Crippen molar-refractivity contribution in [1.29, 1.82) is 0 Å². The van der Waals surface area contributed by atoms with E-state index in [1.54, 1.807) is 0 Å². The van der Waals surface area contributed by atoms with Crippen LogP contribution in [0.25, 0.3) is 10.6 Å². The summed E-state index contributed by atoms with van der Waals surface area (Å²) in [7, 11) is 0. The minimum Gasteiger partial charge on any atom is -0.494 e. The number of amides is 1. The van der Waals surface area contributed by atoms with Crippen LogP contribution in [0.15, 0.2) is 29.6 Å². The van der Waals surface area contributed by atoms with E-state index in [4.69, 9.17) is 4.74 Å². The van der Waals surface area contributed by atoms with Crippen molar-refractivity contribution in [3.63, 3.8) is 0 Å². The van der Waals surface area contributed by atoms with Gasteiger partial charge in [-0.05, 0) is 50.5 Å². The number of benzene rings is 1. The molecular weight excluding hydrogens is 324 g/mol. The number of nitrogens with one attached hydrogen (secondary N) is 1. The Labute approximate surface area is 145 Å². The second-order valence-electron chi connectivity index (χ2n) is 6.13. The summed E-state index contributed by atoms with van der Waals surface area (Å²) in [5.41, 5.74) is 1.08. The Bertz CT molecular complexity index is 693. The van der Waals surface area contributed by atoms with Crippen LogP contribution >= 0.6 is 11.3 Å². The zero-order valence-electron chi connectivity index (χ0n) is 13.7. The van der Waals surface area contributed by atoms with Gasteiger partial charge in [-0.2, -0.15) is 0 Å². The molecule has 2 aromatic rings. The number of aliphatic hydroxyl groups is 1. The van der Waals surface area contributed by atoms with E-state index >= 15 is 0 Å². The van der Waals surface area contributed by atoms with Crippen molar-refractivity contribution in [2.45, 2.75) is 38.2 Å². The minimum absolute atomic E-state index is 0.0983. The Morgan fingerprint density at radius 1 is 1.38 bits per heavy atom. The molecule has 0 spiro atoms. The first-order chi connectivity index (χ1) is 11.6. The van der Waals surface area contributed by atoms with Gasteiger partial charge in [-0.15, -0.1) is 11.3 Å². The third-order valence-corrected chi connectivity index (χ3v) is 5.14. The molecule has 1 aromatic carbocycles. The van der Waals surface area contributed by atoms with Gasteiger partial charge in [0.1, 0.15) is 10.8 Å². The lowest BCUT2D eigenvalue weighted by Gasteiger charge is -2.36. The number of ether oxygens (including phenoxy) is 1. The van der Waals surface area contributed by atoms with Crippen LogP contribution in [0.1, 0.15) is 31.9 Å². The highest BCUT2D eigenvalue weighted by Gasteiger charge is 2.34. The molecule has 5 nitrogen and oxygen atoms in total. The van der Waals surface area contributed by atoms with Crippen LogP contribution in [0.2, 0.25) is 0 Å². The molecule has 0 aliphatic heterocycles. The summed E-state index contributed by atoms with van der Waals surface area (Å²) in [5.74, 6) is 0.741. The molecule has 0 radical (unpaired) electrons. The molecule has 1 aliphatic carbocycles. The van der Waals surface area contributed by atoms with Gasteiger partial charge in [0.25, 0.3) is 0 Å². The first kappa shape index (κ1) is 16.9. The average molecular weight is 346 g/mol. The number of hydrogen-bond donors (Lipinski definition) is 2. The predicted octanol–water partition coefficient (Wildman–Crippen LogP) is 2.78. The van der Waals surface area contributed by atoms with Gasteiger partial charge in [0.2, 0.25) is 5.91 Å². The predicted molar refractivity (Wildman–Crippen MR) is 94.2 cm³/mol. The van der Waals surface area contributed by atoms with E-state index in [-0.39, 0.29) is 12.3 Å². The summed E-state index contributed by atoms with van der Waals surface area (Å²) in [6.07, 6.45) is 2.81. The highest BCUT2D eigenvalue weighted by atomic mass is 32.1. The lowest BCUT2D eigenvalue weighted by molar-refractivity contribution is -0.122. The number of carbonyl (C=O) groups is 1. The van der Waals surface area contributed by atoms with Gasteiger partial charge in [-0.25, -0.2) is 4.98 Å². The fraction of sp³-hybridized carbons (Fsp3) is 0.444. The Morgan fingerprint density at radius 2 is 2.12 bits per heavy atom. The maximum Gasteiger partial charge on any atom is 0.226 e. The summed E-state index contributed by atoms with van der Waals surface area (Å²) in [6.45, 7) is 2.93. The van der Waals surface area contributed by atoms with Crippen LogP contribution in [0.4, 0.5) is 0 Å². The molecule has 1 aromatic heterocycles. The molecule has 1 aliphatic rings. The molecule has 0 bridgehead atoms. The molecule has 0 unspecified atom stereocenters. The van der Waals surface area contributed by atoms with Crippen molar-refractivity contribution in [3.8, 4) is 16.3 Å². The molecule has 128 valence electrons. The van der Waals surface area contributed by atoms with Gasteiger partial charge in [0.05, 0.1) is 24.3 Å². The lowest BCUT2D eigenvalue weighted by atomic mass is 9.80. The molecule has 1 fully saturated rings. The van der Waals surface area contributed by atoms with E-state index in [1.165, 1.54) is 11.3 Å². The van der Waals surface area contributed by atoms with Crippen molar-refractivity contribution in [1.82, 2.24) is 10.3 Å². The zero-order chi connectivity index (χ0) is 17.0. The maximum absolute atomic E-state index is 12.0. The van der Waals surface area contributed by atoms with Crippen LogP contribution in [-0.2, 0) is 11.2 Å². The molecule has 3 rings (SSSR count). The summed E-state index contributed by atoms with van der Waals surface area (Å²) in [4.78, 5) is 16.5. The number of thiazole rings is 1. The summed E-state index contributed by atoms with van der Waals surface area (Å²) >= 11 is 1.52. The summed E-state index contributed by atoms with van der Waals surface area (Å²) in [6, 6.07) is 7.79. The van der Waals surface area contributed by atoms with Gasteiger partial charge in [0.15, 0.2) is 0 Å². The quantitative estimate of drug-likeness (QED) is 0.809. The highest BCUT2D eigenvalue weighted by Crippen LogP contribution is 2.30. The third-order valence-electron chi connectivity index (χ3n) is 4.20. The zero-order valence-corrected chi connectivity index (χ0v) is 14.6. The van der Waals surface area contributed by atoms with E-state index in [9.17, 15) is 9.90 Å². The Morgan fingerprint density at radius 3 is 2.75 bits per heavy atom. The first-order valence-corrected chi connectivity index (χ1v) is 9.13.